The van der Waals surface area contributed by atoms with Gasteiger partial charge in [-0.15, -0.1) is 22.7 Å². The van der Waals surface area contributed by atoms with Crippen molar-refractivity contribution in [3.63, 3.8) is 0 Å². The minimum Gasteiger partial charge on any atom is -0.462 e. The van der Waals surface area contributed by atoms with E-state index in [1.54, 1.807) is 31.2 Å². The summed E-state index contributed by atoms with van der Waals surface area (Å²) in [5.41, 5.74) is 3.74. The van der Waals surface area contributed by atoms with Crippen LogP contribution < -0.4 is 15.5 Å². The number of anilines is 1. The van der Waals surface area contributed by atoms with Gasteiger partial charge in [-0.2, -0.15) is 5.10 Å². The fourth-order valence-corrected chi connectivity index (χ4v) is 7.38. The first-order valence-electron chi connectivity index (χ1n) is 13.2. The normalized spacial score (nSPS) is 14.4. The minimum atomic E-state index is -1.03. The molecule has 9 nitrogen and oxygen atoms in total. The van der Waals surface area contributed by atoms with Crippen LogP contribution in [-0.4, -0.2) is 36.6 Å². The molecule has 216 valence electrons. The number of carbonyl (C=O) groups is 4. The van der Waals surface area contributed by atoms with Crippen LogP contribution in [0.25, 0.3) is 10.1 Å². The van der Waals surface area contributed by atoms with Gasteiger partial charge in [0.25, 0.3) is 0 Å². The summed E-state index contributed by atoms with van der Waals surface area (Å²) in [5.74, 6) is -2.53. The number of nitrogens with one attached hydrogen (secondary N) is 2. The third-order valence-corrected chi connectivity index (χ3v) is 9.46. The number of rotatable bonds is 7. The van der Waals surface area contributed by atoms with Crippen LogP contribution in [0.1, 0.15) is 56.3 Å². The SMILES string of the molecule is CCOC(=O)c1c(NC(=O)C(=O)N/N=C/c2ccccc2OC(=O)c2sc3ccccc3c2Cl)sc2c1CCC(C)C2. The van der Waals surface area contributed by atoms with Gasteiger partial charge in [-0.05, 0) is 55.9 Å². The summed E-state index contributed by atoms with van der Waals surface area (Å²) in [4.78, 5) is 52.2. The second-order valence-electron chi connectivity index (χ2n) is 9.60. The average Bonchev–Trinajstić information content (AvgIpc) is 3.50. The minimum absolute atomic E-state index is 0.191. The van der Waals surface area contributed by atoms with E-state index < -0.39 is 23.8 Å². The van der Waals surface area contributed by atoms with E-state index in [9.17, 15) is 19.2 Å². The quantitative estimate of drug-likeness (QED) is 0.0828. The highest BCUT2D eigenvalue weighted by molar-refractivity contribution is 7.21. The Morgan fingerprint density at radius 1 is 1.05 bits per heavy atom. The van der Waals surface area contributed by atoms with Gasteiger partial charge in [-0.1, -0.05) is 48.9 Å². The molecule has 2 N–H and O–H groups in total. The molecule has 1 atom stereocenters. The van der Waals surface area contributed by atoms with Crippen LogP contribution in [0.15, 0.2) is 53.6 Å². The molecular weight excluding hydrogens is 598 g/mol. The number of ether oxygens (including phenoxy) is 2. The Labute approximate surface area is 254 Å². The van der Waals surface area contributed by atoms with Gasteiger partial charge < -0.3 is 14.8 Å². The van der Waals surface area contributed by atoms with Crippen LogP contribution in [0.2, 0.25) is 5.02 Å². The van der Waals surface area contributed by atoms with Crippen LogP contribution in [0.4, 0.5) is 5.00 Å². The zero-order valence-corrected chi connectivity index (χ0v) is 25.1. The lowest BCUT2D eigenvalue weighted by atomic mass is 9.88. The van der Waals surface area contributed by atoms with Crippen molar-refractivity contribution in [3.8, 4) is 5.75 Å². The summed E-state index contributed by atoms with van der Waals surface area (Å²) in [6.07, 6.45) is 3.67. The van der Waals surface area contributed by atoms with Crippen molar-refractivity contribution in [2.24, 2.45) is 11.0 Å². The summed E-state index contributed by atoms with van der Waals surface area (Å²) >= 11 is 8.93. The van der Waals surface area contributed by atoms with Gasteiger partial charge in [-0.3, -0.25) is 9.59 Å². The van der Waals surface area contributed by atoms with Crippen molar-refractivity contribution in [2.75, 3.05) is 11.9 Å². The molecule has 12 heteroatoms. The molecule has 0 saturated carbocycles. The number of esters is 2. The number of carbonyl (C=O) groups excluding carboxylic acids is 4. The van der Waals surface area contributed by atoms with E-state index in [2.05, 4.69) is 22.8 Å². The number of nitrogens with zero attached hydrogens (tertiary/aromatic N) is 1. The number of hydrogen-bond acceptors (Lipinski definition) is 9. The first kappa shape index (κ1) is 29.4. The Bertz CT molecular complexity index is 1730. The molecule has 0 spiro atoms. The molecule has 4 aromatic rings. The van der Waals surface area contributed by atoms with Crippen LogP contribution in [-0.2, 0) is 27.2 Å². The maximum atomic E-state index is 12.9. The van der Waals surface area contributed by atoms with E-state index in [1.165, 1.54) is 28.9 Å². The lowest BCUT2D eigenvalue weighted by Crippen LogP contribution is -2.32. The van der Waals surface area contributed by atoms with Gasteiger partial charge in [0, 0.05) is 20.5 Å². The maximum Gasteiger partial charge on any atom is 0.355 e. The van der Waals surface area contributed by atoms with Crippen molar-refractivity contribution in [1.29, 1.82) is 0 Å². The van der Waals surface area contributed by atoms with E-state index in [4.69, 9.17) is 21.1 Å². The van der Waals surface area contributed by atoms with Crippen LogP contribution in [0.3, 0.4) is 0 Å². The summed E-state index contributed by atoms with van der Waals surface area (Å²) in [6, 6.07) is 14.0. The lowest BCUT2D eigenvalue weighted by Gasteiger charge is -2.18. The van der Waals surface area contributed by atoms with Crippen LogP contribution in [0, 0.1) is 5.92 Å². The van der Waals surface area contributed by atoms with Gasteiger partial charge in [0.15, 0.2) is 0 Å². The van der Waals surface area contributed by atoms with E-state index >= 15 is 0 Å². The predicted molar refractivity (Wildman–Crippen MR) is 164 cm³/mol. The first-order chi connectivity index (χ1) is 20.3. The molecule has 2 amide bonds. The molecule has 2 heterocycles. The maximum absolute atomic E-state index is 12.9. The average molecular weight is 624 g/mol. The van der Waals surface area contributed by atoms with Gasteiger partial charge in [0.2, 0.25) is 0 Å². The van der Waals surface area contributed by atoms with E-state index in [0.717, 1.165) is 33.4 Å². The Balaban J connectivity index is 1.26. The van der Waals surface area contributed by atoms with Crippen molar-refractivity contribution < 1.29 is 28.7 Å². The largest absolute Gasteiger partial charge is 0.462 e. The number of benzene rings is 2. The Hall–Kier alpha value is -4.06. The summed E-state index contributed by atoms with van der Waals surface area (Å²) in [5, 5.41) is 7.79. The summed E-state index contributed by atoms with van der Waals surface area (Å²) in [7, 11) is 0. The zero-order valence-electron chi connectivity index (χ0n) is 22.7. The number of hydrogen-bond donors (Lipinski definition) is 2. The molecular formula is C30H26ClN3O6S2. The third kappa shape index (κ3) is 6.23. The Kier molecular flexibility index (Phi) is 9.00. The fraction of sp³-hybridized carbons (Fsp3) is 0.233. The van der Waals surface area contributed by atoms with E-state index in [-0.39, 0.29) is 22.2 Å². The smallest absolute Gasteiger partial charge is 0.355 e. The molecule has 0 fully saturated rings. The molecule has 0 aliphatic heterocycles. The monoisotopic (exact) mass is 623 g/mol. The van der Waals surface area contributed by atoms with Crippen molar-refractivity contribution in [1.82, 2.24) is 5.43 Å². The lowest BCUT2D eigenvalue weighted by molar-refractivity contribution is -0.136. The molecule has 2 aromatic carbocycles. The number of halogens is 1. The number of amides is 2. The number of para-hydroxylation sites is 1. The molecule has 0 radical (unpaired) electrons. The molecule has 2 aromatic heterocycles. The molecule has 0 saturated heterocycles. The van der Waals surface area contributed by atoms with Crippen LogP contribution >= 0.6 is 34.3 Å². The van der Waals surface area contributed by atoms with E-state index in [0.29, 0.717) is 28.5 Å². The summed E-state index contributed by atoms with van der Waals surface area (Å²) < 4.78 is 11.7. The Morgan fingerprint density at radius 3 is 2.60 bits per heavy atom. The van der Waals surface area contributed by atoms with E-state index in [1.807, 2.05) is 24.3 Å². The standard InChI is InChI=1S/C30H26ClN3O6S2/c1-3-39-29(37)23-18-13-12-16(2)14-22(18)42-28(23)33-26(35)27(36)34-32-15-17-8-4-6-10-20(17)40-30(38)25-24(31)19-9-5-7-11-21(19)41-25/h4-11,15-16H,3,12-14H2,1-2H3,(H,33,35)(H,34,36)/b32-15+. The topological polar surface area (TPSA) is 123 Å². The van der Waals surface area contributed by atoms with Crippen molar-refractivity contribution in [2.45, 2.75) is 33.1 Å². The van der Waals surface area contributed by atoms with Crippen molar-refractivity contribution in [3.05, 3.63) is 80.0 Å². The number of fused-ring (bicyclic) bond motifs is 2. The first-order valence-corrected chi connectivity index (χ1v) is 15.2. The predicted octanol–water partition coefficient (Wildman–Crippen LogP) is 6.23. The van der Waals surface area contributed by atoms with Gasteiger partial charge in [0.1, 0.15) is 15.6 Å². The molecule has 42 heavy (non-hydrogen) atoms. The molecule has 1 aliphatic carbocycles. The fourth-order valence-electron chi connectivity index (χ4n) is 4.60. The van der Waals surface area contributed by atoms with Gasteiger partial charge in [0.05, 0.1) is 23.4 Å². The van der Waals surface area contributed by atoms with Gasteiger partial charge >= 0.3 is 23.8 Å². The Morgan fingerprint density at radius 2 is 1.81 bits per heavy atom. The zero-order chi connectivity index (χ0) is 29.8. The van der Waals surface area contributed by atoms with Crippen LogP contribution in [0.5, 0.6) is 5.75 Å². The number of hydrazone groups is 1. The summed E-state index contributed by atoms with van der Waals surface area (Å²) in [6.45, 7) is 4.03. The van der Waals surface area contributed by atoms with Crippen molar-refractivity contribution >= 4 is 79.3 Å². The van der Waals surface area contributed by atoms with Gasteiger partial charge in [-0.25, -0.2) is 15.0 Å². The highest BCUT2D eigenvalue weighted by atomic mass is 35.5. The highest BCUT2D eigenvalue weighted by Crippen LogP contribution is 2.40. The second-order valence-corrected chi connectivity index (χ2v) is 12.1. The second kappa shape index (κ2) is 12.8. The molecule has 0 bridgehead atoms. The highest BCUT2D eigenvalue weighted by Gasteiger charge is 2.30. The molecule has 5 rings (SSSR count). The molecule has 1 unspecified atom stereocenters. The molecule has 1 aliphatic rings. The number of thiophene rings is 2. The third-order valence-electron chi connectivity index (χ3n) is 6.64.